The molecule has 0 aliphatic rings. The van der Waals surface area contributed by atoms with Crippen molar-refractivity contribution in [2.24, 2.45) is 0 Å². The number of ether oxygens (including phenoxy) is 1. The van der Waals surface area contributed by atoms with Gasteiger partial charge in [0.05, 0.1) is 6.54 Å². The number of benzene rings is 1. The second kappa shape index (κ2) is 7.14. The lowest BCUT2D eigenvalue weighted by Crippen LogP contribution is -2.24. The van der Waals surface area contributed by atoms with Gasteiger partial charge in [-0.25, -0.2) is 0 Å². The number of nitrogens with one attached hydrogen (secondary N) is 1. The Labute approximate surface area is 96.8 Å². The normalized spacial score (nSPS) is 10.4. The zero-order valence-electron chi connectivity index (χ0n) is 9.95. The topological polar surface area (TPSA) is 38.3 Å². The Bertz CT molecular complexity index is 319. The van der Waals surface area contributed by atoms with Crippen molar-refractivity contribution in [2.45, 2.75) is 13.3 Å². The molecule has 3 nitrogen and oxygen atoms in total. The summed E-state index contributed by atoms with van der Waals surface area (Å²) in [5.74, 6) is 0.136. The van der Waals surface area contributed by atoms with Crippen LogP contribution in [0.4, 0.5) is 0 Å². The second-order valence-electron chi connectivity index (χ2n) is 3.81. The van der Waals surface area contributed by atoms with Crippen molar-refractivity contribution in [3.8, 4) is 0 Å². The molecule has 0 saturated heterocycles. The summed E-state index contributed by atoms with van der Waals surface area (Å²) < 4.78 is 4.92. The van der Waals surface area contributed by atoms with Gasteiger partial charge in [0, 0.05) is 19.3 Å². The minimum absolute atomic E-state index is 0.136. The zero-order chi connectivity index (χ0) is 11.8. The highest BCUT2D eigenvalue weighted by Crippen LogP contribution is 2.03. The summed E-state index contributed by atoms with van der Waals surface area (Å²) in [5, 5.41) is 3.10. The number of methoxy groups -OCH3 is 1. The maximum atomic E-state index is 11.7. The highest BCUT2D eigenvalue weighted by Gasteiger charge is 2.03. The van der Waals surface area contributed by atoms with Crippen molar-refractivity contribution in [1.82, 2.24) is 5.32 Å². The standard InChI is InChI=1S/C13H19NO2/c1-11-4-6-12(7-5-11)13(15)10-14-8-3-9-16-2/h4-7,14H,3,8-10H2,1-2H3. The summed E-state index contributed by atoms with van der Waals surface area (Å²) in [6.07, 6.45) is 0.928. The summed E-state index contributed by atoms with van der Waals surface area (Å²) in [4.78, 5) is 11.7. The lowest BCUT2D eigenvalue weighted by molar-refractivity contribution is 0.0990. The van der Waals surface area contributed by atoms with Crippen LogP contribution < -0.4 is 5.32 Å². The molecule has 0 aliphatic carbocycles. The van der Waals surface area contributed by atoms with Crippen LogP contribution in [0.1, 0.15) is 22.3 Å². The van der Waals surface area contributed by atoms with E-state index in [-0.39, 0.29) is 5.78 Å². The molecule has 88 valence electrons. The van der Waals surface area contributed by atoms with Crippen LogP contribution in [0.2, 0.25) is 0 Å². The monoisotopic (exact) mass is 221 g/mol. The predicted octanol–water partition coefficient (Wildman–Crippen LogP) is 1.80. The van der Waals surface area contributed by atoms with Crippen molar-refractivity contribution in [2.75, 3.05) is 26.8 Å². The van der Waals surface area contributed by atoms with Gasteiger partial charge in [0.1, 0.15) is 0 Å². The maximum Gasteiger partial charge on any atom is 0.176 e. The van der Waals surface area contributed by atoms with Gasteiger partial charge in [0.2, 0.25) is 0 Å². The molecule has 1 aromatic rings. The summed E-state index contributed by atoms with van der Waals surface area (Å²) in [6, 6.07) is 7.65. The van der Waals surface area contributed by atoms with Crippen molar-refractivity contribution < 1.29 is 9.53 Å². The quantitative estimate of drug-likeness (QED) is 0.563. The fraction of sp³-hybridized carbons (Fsp3) is 0.462. The Morgan fingerprint density at radius 2 is 2.00 bits per heavy atom. The number of hydrogen-bond acceptors (Lipinski definition) is 3. The number of carbonyl (C=O) groups excluding carboxylic acids is 1. The van der Waals surface area contributed by atoms with E-state index in [0.717, 1.165) is 25.1 Å². The molecular weight excluding hydrogens is 202 g/mol. The summed E-state index contributed by atoms with van der Waals surface area (Å²) in [5.41, 5.74) is 1.94. The number of Topliss-reactive ketones (excluding diaryl/α,β-unsaturated/α-hetero) is 1. The molecule has 0 amide bonds. The van der Waals surface area contributed by atoms with E-state index < -0.39 is 0 Å². The van der Waals surface area contributed by atoms with Crippen LogP contribution in [0.5, 0.6) is 0 Å². The van der Waals surface area contributed by atoms with E-state index in [9.17, 15) is 4.79 Å². The van der Waals surface area contributed by atoms with E-state index in [2.05, 4.69) is 5.32 Å². The lowest BCUT2D eigenvalue weighted by Gasteiger charge is -2.04. The Hall–Kier alpha value is -1.19. The summed E-state index contributed by atoms with van der Waals surface area (Å²) in [7, 11) is 1.68. The van der Waals surface area contributed by atoms with Gasteiger partial charge in [-0.1, -0.05) is 29.8 Å². The fourth-order valence-electron chi connectivity index (χ4n) is 1.38. The van der Waals surface area contributed by atoms with E-state index >= 15 is 0 Å². The first kappa shape index (κ1) is 12.9. The maximum absolute atomic E-state index is 11.7. The summed E-state index contributed by atoms with van der Waals surface area (Å²) in [6.45, 7) is 3.95. The SMILES string of the molecule is COCCCNCC(=O)c1ccc(C)cc1. The molecule has 0 unspecified atom stereocenters. The number of rotatable bonds is 7. The van der Waals surface area contributed by atoms with Crippen LogP contribution in [-0.4, -0.2) is 32.6 Å². The fourth-order valence-corrected chi connectivity index (χ4v) is 1.38. The molecule has 0 fully saturated rings. The smallest absolute Gasteiger partial charge is 0.176 e. The molecule has 0 atom stereocenters. The molecule has 0 heterocycles. The highest BCUT2D eigenvalue weighted by atomic mass is 16.5. The van der Waals surface area contributed by atoms with Gasteiger partial charge in [-0.15, -0.1) is 0 Å². The first-order valence-electron chi connectivity index (χ1n) is 5.53. The largest absolute Gasteiger partial charge is 0.385 e. The van der Waals surface area contributed by atoms with E-state index in [1.54, 1.807) is 7.11 Å². The average Bonchev–Trinajstić information content (AvgIpc) is 2.29. The van der Waals surface area contributed by atoms with Gasteiger partial charge in [0.15, 0.2) is 5.78 Å². The third kappa shape index (κ3) is 4.55. The molecule has 0 aliphatic heterocycles. The van der Waals surface area contributed by atoms with E-state index in [1.165, 1.54) is 5.56 Å². The minimum Gasteiger partial charge on any atom is -0.385 e. The molecule has 0 aromatic heterocycles. The summed E-state index contributed by atoms with van der Waals surface area (Å²) >= 11 is 0. The van der Waals surface area contributed by atoms with Gasteiger partial charge >= 0.3 is 0 Å². The average molecular weight is 221 g/mol. The highest BCUT2D eigenvalue weighted by molar-refractivity contribution is 5.97. The van der Waals surface area contributed by atoms with Crippen LogP contribution in [0.3, 0.4) is 0 Å². The van der Waals surface area contributed by atoms with Gasteiger partial charge in [-0.3, -0.25) is 4.79 Å². The van der Waals surface area contributed by atoms with E-state index in [4.69, 9.17) is 4.74 Å². The molecule has 0 saturated carbocycles. The molecule has 3 heteroatoms. The van der Waals surface area contributed by atoms with Gasteiger partial charge in [-0.05, 0) is 19.9 Å². The molecule has 0 spiro atoms. The third-order valence-electron chi connectivity index (χ3n) is 2.36. The minimum atomic E-state index is 0.136. The number of aryl methyl sites for hydroxylation is 1. The van der Waals surface area contributed by atoms with Gasteiger partial charge in [-0.2, -0.15) is 0 Å². The number of hydrogen-bond donors (Lipinski definition) is 1. The molecule has 1 N–H and O–H groups in total. The molecular formula is C13H19NO2. The molecule has 16 heavy (non-hydrogen) atoms. The Balaban J connectivity index is 2.27. The van der Waals surface area contributed by atoms with Crippen LogP contribution in [0.25, 0.3) is 0 Å². The second-order valence-corrected chi connectivity index (χ2v) is 3.81. The Morgan fingerprint density at radius 3 is 2.62 bits per heavy atom. The van der Waals surface area contributed by atoms with Crippen molar-refractivity contribution in [3.05, 3.63) is 35.4 Å². The first-order chi connectivity index (χ1) is 7.74. The van der Waals surface area contributed by atoms with Crippen molar-refractivity contribution in [3.63, 3.8) is 0 Å². The molecule has 1 rings (SSSR count). The van der Waals surface area contributed by atoms with E-state index in [0.29, 0.717) is 6.54 Å². The predicted molar refractivity (Wildman–Crippen MR) is 64.9 cm³/mol. The Kier molecular flexibility index (Phi) is 5.75. The lowest BCUT2D eigenvalue weighted by atomic mass is 10.1. The van der Waals surface area contributed by atoms with Crippen LogP contribution in [0.15, 0.2) is 24.3 Å². The number of carbonyl (C=O) groups is 1. The van der Waals surface area contributed by atoms with Crippen LogP contribution in [0, 0.1) is 6.92 Å². The third-order valence-corrected chi connectivity index (χ3v) is 2.36. The molecule has 0 radical (unpaired) electrons. The first-order valence-corrected chi connectivity index (χ1v) is 5.53. The van der Waals surface area contributed by atoms with E-state index in [1.807, 2.05) is 31.2 Å². The molecule has 0 bridgehead atoms. The Morgan fingerprint density at radius 1 is 1.31 bits per heavy atom. The zero-order valence-corrected chi connectivity index (χ0v) is 9.95. The van der Waals surface area contributed by atoms with Gasteiger partial charge < -0.3 is 10.1 Å². The number of ketones is 1. The van der Waals surface area contributed by atoms with Crippen molar-refractivity contribution >= 4 is 5.78 Å². The van der Waals surface area contributed by atoms with Crippen molar-refractivity contribution in [1.29, 1.82) is 0 Å². The van der Waals surface area contributed by atoms with Crippen LogP contribution in [-0.2, 0) is 4.74 Å². The van der Waals surface area contributed by atoms with Gasteiger partial charge in [0.25, 0.3) is 0 Å². The van der Waals surface area contributed by atoms with Crippen LogP contribution >= 0.6 is 0 Å². The molecule has 1 aromatic carbocycles.